The van der Waals surface area contributed by atoms with Gasteiger partial charge in [0.15, 0.2) is 0 Å². The third-order valence-electron chi connectivity index (χ3n) is 3.94. The molecule has 0 saturated carbocycles. The molecule has 0 radical (unpaired) electrons. The van der Waals surface area contributed by atoms with Crippen LogP contribution in [-0.4, -0.2) is 47.9 Å². The van der Waals surface area contributed by atoms with Gasteiger partial charge in [0, 0.05) is 23.6 Å². The second-order valence-electron chi connectivity index (χ2n) is 5.04. The number of carbonyl (C=O) groups is 1. The lowest BCUT2D eigenvalue weighted by molar-refractivity contribution is 0.0778. The number of nitrogens with zero attached hydrogens (tertiary/aromatic N) is 2. The first-order valence-electron chi connectivity index (χ1n) is 7.05. The predicted octanol–water partition coefficient (Wildman–Crippen LogP) is 3.66. The van der Waals surface area contributed by atoms with Crippen LogP contribution in [0.3, 0.4) is 0 Å². The zero-order chi connectivity index (χ0) is 14.7. The molecule has 5 heteroatoms. The maximum absolute atomic E-state index is 12.6. The first-order valence-corrected chi connectivity index (χ1v) is 8.22. The van der Waals surface area contributed by atoms with Crippen molar-refractivity contribution in [3.63, 3.8) is 0 Å². The van der Waals surface area contributed by atoms with Crippen LogP contribution in [0.2, 0.25) is 5.02 Å². The number of carbonyl (C=O) groups excluding carboxylic acids is 1. The largest absolute Gasteiger partial charge is 0.337 e. The Morgan fingerprint density at radius 3 is 2.80 bits per heavy atom. The molecule has 0 bridgehead atoms. The van der Waals surface area contributed by atoms with E-state index in [1.54, 1.807) is 12.1 Å². The normalized spacial score (nSPS) is 18.9. The van der Waals surface area contributed by atoms with Gasteiger partial charge in [-0.15, -0.1) is 0 Å². The number of likely N-dealkylation sites (N-methyl/N-ethyl adjacent to an activating group) is 1. The third-order valence-corrected chi connectivity index (χ3v) is 4.76. The van der Waals surface area contributed by atoms with Crippen LogP contribution < -0.4 is 0 Å². The second kappa shape index (κ2) is 6.92. The van der Waals surface area contributed by atoms with Crippen LogP contribution in [0.4, 0.5) is 0 Å². The minimum absolute atomic E-state index is 0.0333. The SMILES string of the molecule is CCN(CC)C1CCN(C(=O)c2cc(Br)ccc2Cl)C1. The molecule has 0 N–H and O–H groups in total. The molecular weight excluding hydrogens is 340 g/mol. The molecule has 1 fully saturated rings. The fourth-order valence-electron chi connectivity index (χ4n) is 2.80. The average molecular weight is 360 g/mol. The van der Waals surface area contributed by atoms with Gasteiger partial charge in [-0.2, -0.15) is 0 Å². The van der Waals surface area contributed by atoms with Crippen LogP contribution in [0.25, 0.3) is 0 Å². The van der Waals surface area contributed by atoms with Gasteiger partial charge in [-0.05, 0) is 37.7 Å². The zero-order valence-electron chi connectivity index (χ0n) is 11.9. The number of halogens is 2. The summed E-state index contributed by atoms with van der Waals surface area (Å²) in [5, 5.41) is 0.518. The van der Waals surface area contributed by atoms with Gasteiger partial charge in [-0.1, -0.05) is 41.4 Å². The molecule has 0 aromatic heterocycles. The van der Waals surface area contributed by atoms with Gasteiger partial charge in [-0.25, -0.2) is 0 Å². The topological polar surface area (TPSA) is 23.6 Å². The summed E-state index contributed by atoms with van der Waals surface area (Å²) >= 11 is 9.54. The Bertz CT molecular complexity index is 491. The molecule has 3 nitrogen and oxygen atoms in total. The Labute approximate surface area is 134 Å². The summed E-state index contributed by atoms with van der Waals surface area (Å²) in [5.41, 5.74) is 0.584. The molecular formula is C15H20BrClN2O. The molecule has 1 amide bonds. The van der Waals surface area contributed by atoms with Crippen LogP contribution in [0.1, 0.15) is 30.6 Å². The Balaban J connectivity index is 2.10. The number of amides is 1. The van der Waals surface area contributed by atoms with E-state index in [4.69, 9.17) is 11.6 Å². The summed E-state index contributed by atoms with van der Waals surface area (Å²) < 4.78 is 0.879. The standard InChI is InChI=1S/C15H20BrClN2O/c1-3-18(4-2)12-7-8-19(10-12)15(20)13-9-11(16)5-6-14(13)17/h5-6,9,12H,3-4,7-8,10H2,1-2H3. The van der Waals surface area contributed by atoms with Gasteiger partial charge in [0.1, 0.15) is 0 Å². The van der Waals surface area contributed by atoms with Crippen molar-refractivity contribution in [3.8, 4) is 0 Å². The Hall–Kier alpha value is -0.580. The molecule has 1 aromatic carbocycles. The van der Waals surface area contributed by atoms with Crippen molar-refractivity contribution < 1.29 is 4.79 Å². The summed E-state index contributed by atoms with van der Waals surface area (Å²) in [4.78, 5) is 16.9. The Morgan fingerprint density at radius 2 is 2.15 bits per heavy atom. The van der Waals surface area contributed by atoms with Crippen molar-refractivity contribution in [1.82, 2.24) is 9.80 Å². The van der Waals surface area contributed by atoms with Gasteiger partial charge < -0.3 is 4.90 Å². The number of benzene rings is 1. The highest BCUT2D eigenvalue weighted by Gasteiger charge is 2.30. The van der Waals surface area contributed by atoms with E-state index in [1.165, 1.54) is 0 Å². The van der Waals surface area contributed by atoms with E-state index < -0.39 is 0 Å². The van der Waals surface area contributed by atoms with Crippen molar-refractivity contribution in [2.24, 2.45) is 0 Å². The molecule has 20 heavy (non-hydrogen) atoms. The quantitative estimate of drug-likeness (QED) is 0.819. The Morgan fingerprint density at radius 1 is 1.45 bits per heavy atom. The number of hydrogen-bond donors (Lipinski definition) is 0. The van der Waals surface area contributed by atoms with Crippen LogP contribution in [0.15, 0.2) is 22.7 Å². The average Bonchev–Trinajstić information content (AvgIpc) is 2.92. The number of rotatable bonds is 4. The lowest BCUT2D eigenvalue weighted by atomic mass is 10.2. The molecule has 1 atom stereocenters. The van der Waals surface area contributed by atoms with Gasteiger partial charge in [0.05, 0.1) is 10.6 Å². The highest BCUT2D eigenvalue weighted by molar-refractivity contribution is 9.10. The maximum atomic E-state index is 12.6. The first-order chi connectivity index (χ1) is 9.56. The zero-order valence-corrected chi connectivity index (χ0v) is 14.2. The number of likely N-dealkylation sites (tertiary alicyclic amines) is 1. The van der Waals surface area contributed by atoms with Crippen LogP contribution in [-0.2, 0) is 0 Å². The molecule has 1 aromatic rings. The van der Waals surface area contributed by atoms with Crippen molar-refractivity contribution in [1.29, 1.82) is 0 Å². The number of hydrogen-bond acceptors (Lipinski definition) is 2. The van der Waals surface area contributed by atoms with E-state index in [1.807, 2.05) is 11.0 Å². The van der Waals surface area contributed by atoms with E-state index in [-0.39, 0.29) is 5.91 Å². The van der Waals surface area contributed by atoms with Crippen LogP contribution >= 0.6 is 27.5 Å². The summed E-state index contributed by atoms with van der Waals surface area (Å²) in [6, 6.07) is 5.88. The van der Waals surface area contributed by atoms with E-state index in [2.05, 4.69) is 34.7 Å². The van der Waals surface area contributed by atoms with Gasteiger partial charge >= 0.3 is 0 Å². The summed E-state index contributed by atoms with van der Waals surface area (Å²) in [5.74, 6) is 0.0333. The Kier molecular flexibility index (Phi) is 5.47. The highest BCUT2D eigenvalue weighted by atomic mass is 79.9. The highest BCUT2D eigenvalue weighted by Crippen LogP contribution is 2.25. The molecule has 1 aliphatic rings. The van der Waals surface area contributed by atoms with Crippen molar-refractivity contribution in [3.05, 3.63) is 33.3 Å². The maximum Gasteiger partial charge on any atom is 0.255 e. The molecule has 1 heterocycles. The van der Waals surface area contributed by atoms with Gasteiger partial charge in [0.25, 0.3) is 5.91 Å². The van der Waals surface area contributed by atoms with Crippen molar-refractivity contribution >= 4 is 33.4 Å². The molecule has 0 aliphatic carbocycles. The van der Waals surface area contributed by atoms with E-state index >= 15 is 0 Å². The molecule has 2 rings (SSSR count). The first kappa shape index (κ1) is 15.8. The van der Waals surface area contributed by atoms with Crippen LogP contribution in [0, 0.1) is 0 Å². The summed E-state index contributed by atoms with van der Waals surface area (Å²) in [7, 11) is 0. The third kappa shape index (κ3) is 3.35. The molecule has 0 spiro atoms. The van der Waals surface area contributed by atoms with Crippen molar-refractivity contribution in [2.45, 2.75) is 26.3 Å². The lowest BCUT2D eigenvalue weighted by Gasteiger charge is -2.26. The minimum Gasteiger partial charge on any atom is -0.337 e. The van der Waals surface area contributed by atoms with Gasteiger partial charge in [-0.3, -0.25) is 9.69 Å². The smallest absolute Gasteiger partial charge is 0.255 e. The fraction of sp³-hybridized carbons (Fsp3) is 0.533. The van der Waals surface area contributed by atoms with E-state index in [0.29, 0.717) is 16.6 Å². The minimum atomic E-state index is 0.0333. The second-order valence-corrected chi connectivity index (χ2v) is 6.36. The predicted molar refractivity (Wildman–Crippen MR) is 86.4 cm³/mol. The molecule has 1 aliphatic heterocycles. The lowest BCUT2D eigenvalue weighted by Crippen LogP contribution is -2.38. The molecule has 110 valence electrons. The molecule has 1 saturated heterocycles. The van der Waals surface area contributed by atoms with E-state index in [9.17, 15) is 4.79 Å². The molecule has 1 unspecified atom stereocenters. The summed E-state index contributed by atoms with van der Waals surface area (Å²) in [6.07, 6.45) is 1.04. The van der Waals surface area contributed by atoms with Crippen LogP contribution in [0.5, 0.6) is 0 Å². The van der Waals surface area contributed by atoms with Gasteiger partial charge in [0.2, 0.25) is 0 Å². The van der Waals surface area contributed by atoms with Crippen molar-refractivity contribution in [2.75, 3.05) is 26.2 Å². The fourth-order valence-corrected chi connectivity index (χ4v) is 3.36. The summed E-state index contributed by atoms with van der Waals surface area (Å²) in [6.45, 7) is 7.99. The van der Waals surface area contributed by atoms with E-state index in [0.717, 1.165) is 37.1 Å². The monoisotopic (exact) mass is 358 g/mol.